The first-order valence-corrected chi connectivity index (χ1v) is 10.3. The lowest BCUT2D eigenvalue weighted by Gasteiger charge is -2.42. The van der Waals surface area contributed by atoms with Crippen LogP contribution in [-0.4, -0.2) is 60.1 Å². The highest BCUT2D eigenvalue weighted by Gasteiger charge is 2.72. The zero-order valence-corrected chi connectivity index (χ0v) is 18.0. The van der Waals surface area contributed by atoms with Crippen molar-refractivity contribution in [3.8, 4) is 0 Å². The molecule has 3 aliphatic rings. The fraction of sp³-hybridized carbons (Fsp3) is 0.789. The van der Waals surface area contributed by atoms with Gasteiger partial charge in [-0.3, -0.25) is 10.1 Å². The van der Waals surface area contributed by atoms with Crippen LogP contribution < -0.4 is 5.32 Å². The smallest absolute Gasteiger partial charge is 0.414 e. The number of methoxy groups -OCH3 is 1. The van der Waals surface area contributed by atoms with Crippen molar-refractivity contribution in [3.63, 3.8) is 0 Å². The van der Waals surface area contributed by atoms with E-state index in [1.807, 2.05) is 5.32 Å². The Bertz CT molecular complexity index is 661. The van der Waals surface area contributed by atoms with Crippen LogP contribution in [-0.2, 0) is 23.7 Å². The second-order valence-electron chi connectivity index (χ2n) is 8.11. The summed E-state index contributed by atoms with van der Waals surface area (Å²) in [5.74, 6) is -0.910. The van der Waals surface area contributed by atoms with E-state index in [0.29, 0.717) is 13.0 Å². The average Bonchev–Trinajstić information content (AvgIpc) is 3.52. The number of halogens is 2. The van der Waals surface area contributed by atoms with E-state index >= 15 is 0 Å². The van der Waals surface area contributed by atoms with E-state index in [-0.39, 0.29) is 17.6 Å². The molecule has 0 aromatic rings. The Labute approximate surface area is 175 Å². The predicted molar refractivity (Wildman–Crippen MR) is 103 cm³/mol. The molecule has 6 atom stereocenters. The predicted octanol–water partition coefficient (Wildman–Crippen LogP) is 3.12. The number of carbonyl (C=O) groups is 2. The third-order valence-corrected chi connectivity index (χ3v) is 6.32. The maximum Gasteiger partial charge on any atom is 0.414 e. The molecule has 0 aromatic carbocycles. The van der Waals surface area contributed by atoms with Crippen LogP contribution in [0.5, 0.6) is 0 Å². The molecule has 0 bridgehead atoms. The van der Waals surface area contributed by atoms with Gasteiger partial charge in [0.2, 0.25) is 0 Å². The summed E-state index contributed by atoms with van der Waals surface area (Å²) in [7, 11) is 1.59. The van der Waals surface area contributed by atoms with Crippen LogP contribution in [0.25, 0.3) is 0 Å². The summed E-state index contributed by atoms with van der Waals surface area (Å²) < 4.78 is 23.2. The van der Waals surface area contributed by atoms with Crippen molar-refractivity contribution in [2.75, 3.05) is 13.7 Å². The van der Waals surface area contributed by atoms with Crippen LogP contribution in [0, 0.1) is 5.92 Å². The minimum absolute atomic E-state index is 0.0635. The molecule has 6 unspecified atom stereocenters. The quantitative estimate of drug-likeness (QED) is 0.391. The van der Waals surface area contributed by atoms with Gasteiger partial charge in [-0.2, -0.15) is 0 Å². The number of nitrogens with one attached hydrogen (secondary N) is 1. The Morgan fingerprint density at radius 2 is 2.04 bits per heavy atom. The second kappa shape index (κ2) is 8.11. The molecule has 1 N–H and O–H groups in total. The normalized spacial score (nSPS) is 38.8. The maximum absolute atomic E-state index is 12.1. The topological polar surface area (TPSA) is 89.7 Å². The summed E-state index contributed by atoms with van der Waals surface area (Å²) >= 11 is 10.9. The van der Waals surface area contributed by atoms with Crippen LogP contribution in [0.15, 0.2) is 11.6 Å². The third-order valence-electron chi connectivity index (χ3n) is 5.92. The van der Waals surface area contributed by atoms with Crippen molar-refractivity contribution in [1.82, 2.24) is 5.32 Å². The molecule has 3 fully saturated rings. The van der Waals surface area contributed by atoms with E-state index in [0.717, 1.165) is 12.8 Å². The molecule has 28 heavy (non-hydrogen) atoms. The summed E-state index contributed by atoms with van der Waals surface area (Å²) in [5.41, 5.74) is 0.509. The molecule has 0 radical (unpaired) electrons. The number of amides is 2. The molecule has 3 rings (SSSR count). The Morgan fingerprint density at radius 3 is 2.57 bits per heavy atom. The fourth-order valence-electron chi connectivity index (χ4n) is 4.39. The molecule has 9 heteroatoms. The molecule has 7 nitrogen and oxygen atoms in total. The molecule has 1 saturated carbocycles. The number of epoxide rings is 2. The number of ether oxygens (including phenoxy) is 4. The Hall–Kier alpha value is -0.860. The highest BCUT2D eigenvalue weighted by molar-refractivity contribution is 6.53. The van der Waals surface area contributed by atoms with Gasteiger partial charge < -0.3 is 18.9 Å². The van der Waals surface area contributed by atoms with E-state index in [4.69, 9.17) is 42.1 Å². The van der Waals surface area contributed by atoms with Crippen molar-refractivity contribution >= 4 is 35.2 Å². The SMILES string of the molecule is COC1C(OC(=O)NC(=O)C(Cl)Cl)CCC2(CO2)C1C1(C)OC1CC=C(C)C. The zero-order chi connectivity index (χ0) is 20.7. The number of carbonyl (C=O) groups excluding carboxylic acids is 2. The molecule has 0 aromatic heterocycles. The average molecular weight is 436 g/mol. The number of allylic oxidation sites excluding steroid dienone is 1. The van der Waals surface area contributed by atoms with Crippen molar-refractivity contribution in [2.24, 2.45) is 5.92 Å². The van der Waals surface area contributed by atoms with Crippen molar-refractivity contribution in [3.05, 3.63) is 11.6 Å². The first-order chi connectivity index (χ1) is 13.1. The highest BCUT2D eigenvalue weighted by Crippen LogP contribution is 2.59. The fourth-order valence-corrected chi connectivity index (χ4v) is 4.50. The number of hydrogen-bond acceptors (Lipinski definition) is 6. The van der Waals surface area contributed by atoms with E-state index in [1.165, 1.54) is 5.57 Å². The summed E-state index contributed by atoms with van der Waals surface area (Å²) in [5, 5.41) is 2.03. The van der Waals surface area contributed by atoms with Crippen LogP contribution in [0.1, 0.15) is 40.0 Å². The molecule has 2 heterocycles. The van der Waals surface area contributed by atoms with Gasteiger partial charge in [-0.05, 0) is 40.0 Å². The summed E-state index contributed by atoms with van der Waals surface area (Å²) in [6, 6.07) is 0. The molecular formula is C19H27Cl2NO6. The Morgan fingerprint density at radius 1 is 1.36 bits per heavy atom. The molecule has 2 saturated heterocycles. The van der Waals surface area contributed by atoms with Gasteiger partial charge >= 0.3 is 6.09 Å². The molecule has 2 amide bonds. The van der Waals surface area contributed by atoms with Gasteiger partial charge in [-0.25, -0.2) is 4.79 Å². The summed E-state index contributed by atoms with van der Waals surface area (Å²) in [6.07, 6.45) is 2.49. The number of alkyl halides is 2. The van der Waals surface area contributed by atoms with Crippen molar-refractivity contribution in [1.29, 1.82) is 0 Å². The third kappa shape index (κ3) is 4.33. The van der Waals surface area contributed by atoms with Crippen LogP contribution in [0.2, 0.25) is 0 Å². The first-order valence-electron chi connectivity index (χ1n) is 9.40. The standard InChI is InChI=1S/C19H27Cl2NO6/c1-10(2)5-6-12-18(3,28-12)14-13(25-4)11(7-8-19(14)9-26-19)27-17(24)22-16(23)15(20)21/h5,11-15H,6-9H2,1-4H3,(H,22,23,24). The molecule has 158 valence electrons. The number of imide groups is 1. The first kappa shape index (κ1) is 21.8. The monoisotopic (exact) mass is 435 g/mol. The van der Waals surface area contributed by atoms with Crippen LogP contribution in [0.4, 0.5) is 4.79 Å². The van der Waals surface area contributed by atoms with Gasteiger partial charge in [0, 0.05) is 7.11 Å². The largest absolute Gasteiger partial charge is 0.443 e. The van der Waals surface area contributed by atoms with Gasteiger partial charge in [0.25, 0.3) is 5.91 Å². The summed E-state index contributed by atoms with van der Waals surface area (Å²) in [4.78, 5) is 22.2. The molecule has 2 aliphatic heterocycles. The van der Waals surface area contributed by atoms with E-state index in [2.05, 4.69) is 26.8 Å². The van der Waals surface area contributed by atoms with Crippen molar-refractivity contribution < 1.29 is 28.5 Å². The molecular weight excluding hydrogens is 409 g/mol. The van der Waals surface area contributed by atoms with E-state index in [1.54, 1.807) is 7.11 Å². The highest BCUT2D eigenvalue weighted by atomic mass is 35.5. The lowest BCUT2D eigenvalue weighted by molar-refractivity contribution is -0.124. The molecule has 1 spiro atoms. The Kier molecular flexibility index (Phi) is 6.32. The molecule has 1 aliphatic carbocycles. The Balaban J connectivity index is 1.71. The van der Waals surface area contributed by atoms with Gasteiger partial charge in [0.1, 0.15) is 23.4 Å². The van der Waals surface area contributed by atoms with Crippen molar-refractivity contribution in [2.45, 2.75) is 74.4 Å². The maximum atomic E-state index is 12.1. The van der Waals surface area contributed by atoms with E-state index in [9.17, 15) is 9.59 Å². The van der Waals surface area contributed by atoms with Crippen LogP contribution in [0.3, 0.4) is 0 Å². The minimum atomic E-state index is -1.34. The van der Waals surface area contributed by atoms with E-state index < -0.39 is 34.6 Å². The van der Waals surface area contributed by atoms with Crippen LogP contribution >= 0.6 is 23.2 Å². The summed E-state index contributed by atoms with van der Waals surface area (Å²) in [6.45, 7) is 6.82. The second-order valence-corrected chi connectivity index (χ2v) is 9.21. The van der Waals surface area contributed by atoms with Gasteiger partial charge in [-0.1, -0.05) is 34.9 Å². The lowest BCUT2D eigenvalue weighted by atomic mass is 9.68. The number of hydrogen-bond donors (Lipinski definition) is 1. The zero-order valence-electron chi connectivity index (χ0n) is 16.5. The lowest BCUT2D eigenvalue weighted by Crippen LogP contribution is -2.56. The van der Waals surface area contributed by atoms with Gasteiger partial charge in [0.15, 0.2) is 4.84 Å². The van der Waals surface area contributed by atoms with Gasteiger partial charge in [-0.15, -0.1) is 0 Å². The van der Waals surface area contributed by atoms with Gasteiger partial charge in [0.05, 0.1) is 18.6 Å². The number of alkyl carbamates (subject to hydrolysis) is 1. The number of rotatable bonds is 6. The minimum Gasteiger partial charge on any atom is -0.443 e.